The third-order valence-electron chi connectivity index (χ3n) is 12.6. The fraction of sp³-hybridized carbons (Fsp3) is 0.565. The van der Waals surface area contributed by atoms with Gasteiger partial charge >= 0.3 is 0 Å². The van der Waals surface area contributed by atoms with Crippen LogP contribution in [0.1, 0.15) is 123 Å². The van der Waals surface area contributed by atoms with Gasteiger partial charge in [-0.25, -0.2) is 0 Å². The molecule has 1 saturated heterocycles. The Labute approximate surface area is 328 Å². The van der Waals surface area contributed by atoms with Gasteiger partial charge in [0.2, 0.25) is 0 Å². The maximum atomic E-state index is 4.73. The molecule has 1 heterocycles. The van der Waals surface area contributed by atoms with Crippen LogP contribution >= 0.6 is 39.8 Å². The second-order valence-electron chi connectivity index (χ2n) is 16.6. The molecule has 2 aromatic rings. The maximum absolute atomic E-state index is 4.73. The highest BCUT2D eigenvalue weighted by Gasteiger charge is 2.50. The van der Waals surface area contributed by atoms with Crippen molar-refractivity contribution in [1.82, 2.24) is 0 Å². The molecule has 2 unspecified atom stereocenters. The highest BCUT2D eigenvalue weighted by atomic mass is 79.9. The molecule has 51 heavy (non-hydrogen) atoms. The summed E-state index contributed by atoms with van der Waals surface area (Å²) in [4.78, 5) is 5.76. The number of hydrogen-bond acceptors (Lipinski definition) is 2. The van der Waals surface area contributed by atoms with Gasteiger partial charge in [-0.15, -0.1) is 0 Å². The summed E-state index contributed by atoms with van der Waals surface area (Å²) < 4.78 is 0.145. The Hall–Kier alpha value is -1.61. The van der Waals surface area contributed by atoms with E-state index in [1.54, 1.807) is 5.57 Å². The third kappa shape index (κ3) is 7.69. The average molecular weight is 833 g/mol. The molecule has 2 aromatic carbocycles. The molecule has 0 aromatic heterocycles. The zero-order valence-corrected chi connectivity index (χ0v) is 36.3. The number of hydrogen-bond donors (Lipinski definition) is 0. The number of halogens is 2. The first kappa shape index (κ1) is 37.7. The highest BCUT2D eigenvalue weighted by molar-refractivity contribution is 9.11. The lowest BCUT2D eigenvalue weighted by molar-refractivity contribution is 0.474. The molecule has 3 saturated carbocycles. The molecular weight excluding hydrogens is 771 g/mol. The predicted molar refractivity (Wildman–Crippen MR) is 232 cm³/mol. The number of benzene rings is 2. The van der Waals surface area contributed by atoms with Crippen molar-refractivity contribution in [2.24, 2.45) is 0 Å². The molecular formula is C46H61Br2N2P. The highest BCUT2D eigenvalue weighted by Crippen LogP contribution is 2.72. The van der Waals surface area contributed by atoms with Crippen LogP contribution in [0.25, 0.3) is 0 Å². The van der Waals surface area contributed by atoms with Gasteiger partial charge < -0.3 is 9.80 Å². The molecule has 4 aliphatic carbocycles. The summed E-state index contributed by atoms with van der Waals surface area (Å²) in [5.41, 5.74) is 17.3. The van der Waals surface area contributed by atoms with Crippen molar-refractivity contribution in [3.63, 3.8) is 0 Å². The van der Waals surface area contributed by atoms with E-state index >= 15 is 0 Å². The summed E-state index contributed by atoms with van der Waals surface area (Å²) in [7, 11) is -0.160. The minimum atomic E-state index is -0.160. The zero-order chi connectivity index (χ0) is 35.9. The number of alkyl halides is 2. The van der Waals surface area contributed by atoms with Gasteiger partial charge in [0, 0.05) is 35.7 Å². The van der Waals surface area contributed by atoms with Crippen LogP contribution in [0.5, 0.6) is 0 Å². The van der Waals surface area contributed by atoms with Gasteiger partial charge in [0.1, 0.15) is 5.82 Å². The number of aryl methyl sites for hydroxylation is 6. The van der Waals surface area contributed by atoms with Gasteiger partial charge in [-0.2, -0.15) is 0 Å². The molecule has 0 radical (unpaired) electrons. The minimum absolute atomic E-state index is 0.145. The Balaban J connectivity index is 1.31. The number of anilines is 2. The first-order chi connectivity index (χ1) is 24.5. The van der Waals surface area contributed by atoms with Crippen LogP contribution < -0.4 is 9.80 Å². The lowest BCUT2D eigenvalue weighted by Gasteiger charge is -2.51. The monoisotopic (exact) mass is 830 g/mol. The smallest absolute Gasteiger partial charge is 0.117 e. The fourth-order valence-corrected chi connectivity index (χ4v) is 19.0. The minimum Gasteiger partial charge on any atom is -0.325 e. The molecule has 7 rings (SSSR count). The van der Waals surface area contributed by atoms with E-state index in [4.69, 9.17) is 15.9 Å². The quantitative estimate of drug-likeness (QED) is 0.211. The van der Waals surface area contributed by atoms with E-state index < -0.39 is 0 Å². The van der Waals surface area contributed by atoms with Crippen molar-refractivity contribution >= 4 is 51.2 Å². The lowest BCUT2D eigenvalue weighted by Crippen LogP contribution is -2.38. The van der Waals surface area contributed by atoms with E-state index in [9.17, 15) is 0 Å². The van der Waals surface area contributed by atoms with Gasteiger partial charge in [-0.3, -0.25) is 0 Å². The van der Waals surface area contributed by atoms with Gasteiger partial charge in [0.25, 0.3) is 0 Å². The van der Waals surface area contributed by atoms with E-state index in [0.717, 1.165) is 30.8 Å². The predicted octanol–water partition coefficient (Wildman–Crippen LogP) is 14.1. The van der Waals surface area contributed by atoms with Gasteiger partial charge in [0.15, 0.2) is 0 Å². The van der Waals surface area contributed by atoms with Crippen LogP contribution in [-0.2, 0) is 0 Å². The van der Waals surface area contributed by atoms with Crippen LogP contribution in [0.2, 0.25) is 0 Å². The Kier molecular flexibility index (Phi) is 11.8. The van der Waals surface area contributed by atoms with Crippen LogP contribution in [0, 0.1) is 41.5 Å². The number of nitrogens with zero attached hydrogens (tertiary/aromatic N) is 2. The topological polar surface area (TPSA) is 6.48 Å². The summed E-state index contributed by atoms with van der Waals surface area (Å²) in [5.74, 6) is 1.37. The van der Waals surface area contributed by atoms with Crippen LogP contribution in [0.4, 0.5) is 11.4 Å². The molecule has 0 spiro atoms. The van der Waals surface area contributed by atoms with Crippen molar-refractivity contribution < 1.29 is 0 Å². The number of rotatable bonds is 6. The average Bonchev–Trinajstić information content (AvgIpc) is 3.50. The van der Waals surface area contributed by atoms with E-state index in [1.807, 2.05) is 0 Å². The Morgan fingerprint density at radius 1 is 0.686 bits per heavy atom. The third-order valence-corrected chi connectivity index (χ3v) is 19.5. The molecule has 0 bridgehead atoms. The summed E-state index contributed by atoms with van der Waals surface area (Å²) in [6.07, 6.45) is 29.2. The molecule has 5 aliphatic rings. The first-order valence-corrected chi connectivity index (χ1v) is 23.4. The van der Waals surface area contributed by atoms with E-state index in [2.05, 4.69) is 116 Å². The largest absolute Gasteiger partial charge is 0.325 e. The zero-order valence-electron chi connectivity index (χ0n) is 32.3. The summed E-state index contributed by atoms with van der Waals surface area (Å²) in [6, 6.07) is 9.48. The Morgan fingerprint density at radius 2 is 1.18 bits per heavy atom. The van der Waals surface area contributed by atoms with Crippen molar-refractivity contribution in [1.29, 1.82) is 0 Å². The molecule has 4 fully saturated rings. The summed E-state index contributed by atoms with van der Waals surface area (Å²) >= 11 is 9.05. The summed E-state index contributed by atoms with van der Waals surface area (Å²) in [6.45, 7) is 15.7. The normalized spacial score (nSPS) is 26.2. The SMILES string of the molecule is Cc1cc(C)c(N2CCN(c3c(C)cc(C)cc3C)C2=C2C=CC=C(C=C3C(Br)CCCC3(Br)P(C3CCCCC3)C3CCCCC3)C2)c(C)c1. The van der Waals surface area contributed by atoms with Gasteiger partial charge in [-0.05, 0) is 137 Å². The molecule has 2 nitrogen and oxygen atoms in total. The van der Waals surface area contributed by atoms with E-state index in [1.165, 1.54) is 145 Å². The van der Waals surface area contributed by atoms with E-state index in [0.29, 0.717) is 4.83 Å². The molecule has 2 atom stereocenters. The van der Waals surface area contributed by atoms with Crippen molar-refractivity contribution in [2.75, 3.05) is 22.9 Å². The molecule has 5 heteroatoms. The Morgan fingerprint density at radius 3 is 1.67 bits per heavy atom. The van der Waals surface area contributed by atoms with Crippen LogP contribution in [-0.4, -0.2) is 33.3 Å². The maximum Gasteiger partial charge on any atom is 0.117 e. The van der Waals surface area contributed by atoms with Gasteiger partial charge in [-0.1, -0.05) is 138 Å². The molecule has 0 amide bonds. The van der Waals surface area contributed by atoms with E-state index in [-0.39, 0.29) is 12.0 Å². The molecule has 1 aliphatic heterocycles. The molecule has 274 valence electrons. The summed E-state index contributed by atoms with van der Waals surface area (Å²) in [5, 5.41) is 0. The van der Waals surface area contributed by atoms with Gasteiger partial charge in [0.05, 0.1) is 4.07 Å². The standard InChI is InChI=1S/C46H61Br2N2P/c1-31-25-33(3)43(34(4)26-31)49-23-24-50(44-35(5)27-32(2)28-36(44)6)45(49)38-16-13-15-37(29-38)30-41-42(47)21-14-22-46(41,48)51(39-17-9-7-10-18-39)40-19-11-8-12-20-40/h13,15-16,25-28,30,39-40,42H,7-12,14,17-24,29H2,1-6H3. The lowest BCUT2D eigenvalue weighted by atomic mass is 9.89. The van der Waals surface area contributed by atoms with Crippen LogP contribution in [0.15, 0.2) is 71.1 Å². The van der Waals surface area contributed by atoms with Crippen molar-refractivity contribution in [3.05, 3.63) is 104 Å². The number of allylic oxidation sites excluding steroid dienone is 7. The fourth-order valence-electron chi connectivity index (χ4n) is 10.7. The van der Waals surface area contributed by atoms with Crippen molar-refractivity contribution in [2.45, 2.75) is 152 Å². The van der Waals surface area contributed by atoms with Crippen molar-refractivity contribution in [3.8, 4) is 0 Å². The first-order valence-electron chi connectivity index (χ1n) is 20.2. The molecule has 0 N–H and O–H groups in total. The Bertz CT molecular complexity index is 1610. The second-order valence-corrected chi connectivity index (χ2v) is 22.7. The second kappa shape index (κ2) is 16.0. The van der Waals surface area contributed by atoms with Crippen LogP contribution in [0.3, 0.4) is 0 Å².